The average Bonchev–Trinajstić information content (AvgIpc) is 2.27. The molecule has 3 nitrogen and oxygen atoms in total. The van der Waals surface area contributed by atoms with Crippen molar-refractivity contribution in [1.29, 1.82) is 0 Å². The lowest BCUT2D eigenvalue weighted by molar-refractivity contribution is -0.151. The Morgan fingerprint density at radius 1 is 1.41 bits per heavy atom. The van der Waals surface area contributed by atoms with Gasteiger partial charge < -0.3 is 10.0 Å². The van der Waals surface area contributed by atoms with Gasteiger partial charge in [-0.15, -0.1) is 11.8 Å². The van der Waals surface area contributed by atoms with Gasteiger partial charge in [0, 0.05) is 17.1 Å². The van der Waals surface area contributed by atoms with Crippen LogP contribution in [0.15, 0.2) is 35.2 Å². The van der Waals surface area contributed by atoms with E-state index in [2.05, 4.69) is 0 Å². The zero-order chi connectivity index (χ0) is 12.3. The second-order valence-corrected chi connectivity index (χ2v) is 5.83. The summed E-state index contributed by atoms with van der Waals surface area (Å²) < 4.78 is 0. The van der Waals surface area contributed by atoms with Crippen LogP contribution >= 0.6 is 11.8 Å². The third kappa shape index (κ3) is 3.48. The van der Waals surface area contributed by atoms with Crippen molar-refractivity contribution in [2.75, 3.05) is 18.8 Å². The zero-order valence-corrected chi connectivity index (χ0v) is 10.7. The summed E-state index contributed by atoms with van der Waals surface area (Å²) in [7, 11) is 0. The molecule has 0 spiro atoms. The van der Waals surface area contributed by atoms with E-state index in [1.54, 1.807) is 23.6 Å². The van der Waals surface area contributed by atoms with Gasteiger partial charge in [0.25, 0.3) is 0 Å². The van der Waals surface area contributed by atoms with Crippen molar-refractivity contribution >= 4 is 17.7 Å². The third-order valence-electron chi connectivity index (χ3n) is 2.74. The first-order valence-corrected chi connectivity index (χ1v) is 6.73. The highest BCUT2D eigenvalue weighted by atomic mass is 32.2. The minimum absolute atomic E-state index is 0.139. The Balaban J connectivity index is 1.68. The number of amides is 1. The predicted molar refractivity (Wildman–Crippen MR) is 69.0 cm³/mol. The molecule has 1 N–H and O–H groups in total. The lowest BCUT2D eigenvalue weighted by Gasteiger charge is -2.44. The van der Waals surface area contributed by atoms with Gasteiger partial charge in [0.15, 0.2) is 0 Å². The molecule has 0 aromatic heterocycles. The normalized spacial score (nSPS) is 17.6. The summed E-state index contributed by atoms with van der Waals surface area (Å²) in [5, 5.41) is 9.54. The first-order valence-electron chi connectivity index (χ1n) is 5.75. The van der Waals surface area contributed by atoms with Crippen molar-refractivity contribution in [1.82, 2.24) is 4.90 Å². The average molecular weight is 251 g/mol. The SMILES string of the molecule is CC1(O)CN(C(=O)CCSc2ccccc2)C1. The van der Waals surface area contributed by atoms with Gasteiger partial charge in [0.2, 0.25) is 5.91 Å². The molecule has 0 atom stereocenters. The number of carbonyl (C=O) groups is 1. The number of hydrogen-bond acceptors (Lipinski definition) is 3. The molecule has 0 saturated carbocycles. The van der Waals surface area contributed by atoms with Crippen LogP contribution in [0, 0.1) is 0 Å². The topological polar surface area (TPSA) is 40.5 Å². The molecule has 0 unspecified atom stereocenters. The number of aliphatic hydroxyl groups is 1. The van der Waals surface area contributed by atoms with Crippen molar-refractivity contribution in [3.63, 3.8) is 0 Å². The Labute approximate surface area is 106 Å². The zero-order valence-electron chi connectivity index (χ0n) is 9.93. The number of likely N-dealkylation sites (tertiary alicyclic amines) is 1. The fourth-order valence-electron chi connectivity index (χ4n) is 1.88. The van der Waals surface area contributed by atoms with E-state index in [0.29, 0.717) is 19.5 Å². The summed E-state index contributed by atoms with van der Waals surface area (Å²) in [6.45, 7) is 2.71. The fourth-order valence-corrected chi connectivity index (χ4v) is 2.75. The molecule has 0 bridgehead atoms. The lowest BCUT2D eigenvalue weighted by Crippen LogP contribution is -2.61. The van der Waals surface area contributed by atoms with Crippen LogP contribution in [0.5, 0.6) is 0 Å². The molecule has 17 heavy (non-hydrogen) atoms. The summed E-state index contributed by atoms with van der Waals surface area (Å²) in [5.41, 5.74) is -0.664. The first-order chi connectivity index (χ1) is 8.07. The summed E-state index contributed by atoms with van der Waals surface area (Å²) in [4.78, 5) is 14.6. The molecule has 0 aliphatic carbocycles. The van der Waals surface area contributed by atoms with Gasteiger partial charge in [-0.1, -0.05) is 18.2 Å². The van der Waals surface area contributed by atoms with Gasteiger partial charge in [0.05, 0.1) is 18.7 Å². The molecule has 4 heteroatoms. The first kappa shape index (κ1) is 12.5. The smallest absolute Gasteiger partial charge is 0.223 e. The maximum atomic E-state index is 11.7. The molecule has 1 fully saturated rings. The molecule has 1 amide bonds. The molecule has 1 heterocycles. The Kier molecular flexibility index (Phi) is 3.74. The van der Waals surface area contributed by atoms with Gasteiger partial charge in [0.1, 0.15) is 0 Å². The monoisotopic (exact) mass is 251 g/mol. The summed E-state index contributed by atoms with van der Waals surface area (Å²) in [6.07, 6.45) is 0.537. The number of rotatable bonds is 4. The van der Waals surface area contributed by atoms with Crippen LogP contribution in [0.1, 0.15) is 13.3 Å². The van der Waals surface area contributed by atoms with E-state index in [4.69, 9.17) is 0 Å². The second kappa shape index (κ2) is 5.10. The number of β-amino-alcohol motifs (C(OH)–C–C–N with tert-alkyl or cyclic N) is 1. The largest absolute Gasteiger partial charge is 0.386 e. The highest BCUT2D eigenvalue weighted by Crippen LogP contribution is 2.22. The Morgan fingerprint density at radius 2 is 2.06 bits per heavy atom. The highest BCUT2D eigenvalue weighted by Gasteiger charge is 2.38. The van der Waals surface area contributed by atoms with E-state index < -0.39 is 5.60 Å². The van der Waals surface area contributed by atoms with E-state index in [0.717, 1.165) is 5.75 Å². The van der Waals surface area contributed by atoms with Gasteiger partial charge in [-0.25, -0.2) is 0 Å². The molecule has 1 aliphatic rings. The Bertz CT molecular complexity index is 384. The molecule has 1 aromatic rings. The minimum atomic E-state index is -0.664. The van der Waals surface area contributed by atoms with E-state index in [1.807, 2.05) is 30.3 Å². The van der Waals surface area contributed by atoms with Crippen LogP contribution in [-0.4, -0.2) is 40.4 Å². The van der Waals surface area contributed by atoms with Crippen LogP contribution in [0.3, 0.4) is 0 Å². The van der Waals surface area contributed by atoms with E-state index in [-0.39, 0.29) is 5.91 Å². The van der Waals surface area contributed by atoms with Gasteiger partial charge in [-0.05, 0) is 19.1 Å². The number of thioether (sulfide) groups is 1. The molecule has 1 saturated heterocycles. The van der Waals surface area contributed by atoms with Crippen LogP contribution in [0.4, 0.5) is 0 Å². The van der Waals surface area contributed by atoms with Crippen LogP contribution in [0.25, 0.3) is 0 Å². The maximum Gasteiger partial charge on any atom is 0.223 e. The second-order valence-electron chi connectivity index (χ2n) is 4.66. The number of nitrogens with zero attached hydrogens (tertiary/aromatic N) is 1. The third-order valence-corrected chi connectivity index (χ3v) is 3.76. The summed E-state index contributed by atoms with van der Waals surface area (Å²) in [6, 6.07) is 10.1. The molecular weight excluding hydrogens is 234 g/mol. The molecule has 2 rings (SSSR count). The van der Waals surface area contributed by atoms with Crippen LogP contribution in [0.2, 0.25) is 0 Å². The Morgan fingerprint density at radius 3 is 2.65 bits per heavy atom. The van der Waals surface area contributed by atoms with E-state index in [1.165, 1.54) is 4.90 Å². The van der Waals surface area contributed by atoms with Crippen molar-refractivity contribution in [2.24, 2.45) is 0 Å². The van der Waals surface area contributed by atoms with E-state index >= 15 is 0 Å². The van der Waals surface area contributed by atoms with Gasteiger partial charge in [-0.2, -0.15) is 0 Å². The van der Waals surface area contributed by atoms with Crippen LogP contribution in [-0.2, 0) is 4.79 Å². The fraction of sp³-hybridized carbons (Fsp3) is 0.462. The van der Waals surface area contributed by atoms with E-state index in [9.17, 15) is 9.90 Å². The summed E-state index contributed by atoms with van der Waals surface area (Å²) in [5.74, 6) is 0.932. The minimum Gasteiger partial charge on any atom is -0.386 e. The Hall–Kier alpha value is -1.00. The molecular formula is C13H17NO2S. The highest BCUT2D eigenvalue weighted by molar-refractivity contribution is 7.99. The molecule has 1 aromatic carbocycles. The number of benzene rings is 1. The molecule has 0 radical (unpaired) electrons. The maximum absolute atomic E-state index is 11.7. The summed E-state index contributed by atoms with van der Waals surface area (Å²) >= 11 is 1.69. The van der Waals surface area contributed by atoms with Gasteiger partial charge in [-0.3, -0.25) is 4.79 Å². The molecule has 92 valence electrons. The lowest BCUT2D eigenvalue weighted by atomic mass is 9.97. The van der Waals surface area contributed by atoms with Crippen LogP contribution < -0.4 is 0 Å². The van der Waals surface area contributed by atoms with Crippen molar-refractivity contribution in [2.45, 2.75) is 23.8 Å². The van der Waals surface area contributed by atoms with Gasteiger partial charge >= 0.3 is 0 Å². The quantitative estimate of drug-likeness (QED) is 0.829. The van der Waals surface area contributed by atoms with Crippen molar-refractivity contribution < 1.29 is 9.90 Å². The predicted octanol–water partition coefficient (Wildman–Crippen LogP) is 1.76. The standard InChI is InChI=1S/C13H17NO2S/c1-13(16)9-14(10-13)12(15)7-8-17-11-5-3-2-4-6-11/h2-6,16H,7-10H2,1H3. The van der Waals surface area contributed by atoms with Crippen molar-refractivity contribution in [3.05, 3.63) is 30.3 Å². The number of hydrogen-bond donors (Lipinski definition) is 1. The van der Waals surface area contributed by atoms with Crippen molar-refractivity contribution in [3.8, 4) is 0 Å². The number of carbonyl (C=O) groups excluding carboxylic acids is 1. The molecule has 1 aliphatic heterocycles.